The summed E-state index contributed by atoms with van der Waals surface area (Å²) in [6.45, 7) is 10.1. The van der Waals surface area contributed by atoms with Crippen LogP contribution in [0.5, 0.6) is 0 Å². The van der Waals surface area contributed by atoms with E-state index in [0.29, 0.717) is 0 Å². The highest BCUT2D eigenvalue weighted by atomic mass is 16.5. The Labute approximate surface area is 196 Å². The van der Waals surface area contributed by atoms with Crippen molar-refractivity contribution in [2.45, 2.75) is 65.1 Å². The number of hydrogen-bond acceptors (Lipinski definition) is 4. The van der Waals surface area contributed by atoms with Crippen molar-refractivity contribution in [3.8, 4) is 0 Å². The first-order valence-corrected chi connectivity index (χ1v) is 11.1. The summed E-state index contributed by atoms with van der Waals surface area (Å²) >= 11 is 0. The highest BCUT2D eigenvalue weighted by Gasteiger charge is 2.28. The van der Waals surface area contributed by atoms with E-state index in [1.54, 1.807) is 13.8 Å². The first kappa shape index (κ1) is 25.9. The minimum Gasteiger partial charge on any atom is -0.445 e. The van der Waals surface area contributed by atoms with Crippen LogP contribution in [-0.4, -0.2) is 30.0 Å². The number of ether oxygens (including phenoxy) is 1. The van der Waals surface area contributed by atoms with Gasteiger partial charge in [-0.1, -0.05) is 89.2 Å². The molecule has 0 saturated carbocycles. The van der Waals surface area contributed by atoms with Crippen LogP contribution >= 0.6 is 0 Å². The van der Waals surface area contributed by atoms with Crippen molar-refractivity contribution >= 4 is 17.9 Å². The van der Waals surface area contributed by atoms with E-state index in [0.717, 1.165) is 11.1 Å². The molecular weight excluding hydrogens is 418 g/mol. The van der Waals surface area contributed by atoms with Crippen molar-refractivity contribution in [1.29, 1.82) is 0 Å². The lowest BCUT2D eigenvalue weighted by Crippen LogP contribution is -2.55. The summed E-state index contributed by atoms with van der Waals surface area (Å²) < 4.78 is 5.22. The molecule has 2 aromatic carbocycles. The first-order chi connectivity index (χ1) is 15.5. The van der Waals surface area contributed by atoms with Crippen LogP contribution < -0.4 is 16.4 Å². The first-order valence-electron chi connectivity index (χ1n) is 11.1. The summed E-state index contributed by atoms with van der Waals surface area (Å²) in [7, 11) is 0. The summed E-state index contributed by atoms with van der Waals surface area (Å²) in [6, 6.07) is 15.4. The summed E-state index contributed by atoms with van der Waals surface area (Å²) in [5.41, 5.74) is 8.46. The topological polar surface area (TPSA) is 111 Å². The van der Waals surface area contributed by atoms with Crippen LogP contribution in [0.15, 0.2) is 54.6 Å². The van der Waals surface area contributed by atoms with Crippen LogP contribution in [0.1, 0.15) is 51.3 Å². The van der Waals surface area contributed by atoms with Gasteiger partial charge in [0, 0.05) is 6.42 Å². The number of nitrogens with one attached hydrogen (secondary N) is 2. The summed E-state index contributed by atoms with van der Waals surface area (Å²) in [5.74, 6) is -1.36. The minimum atomic E-state index is -0.902. The van der Waals surface area contributed by atoms with Gasteiger partial charge in [-0.25, -0.2) is 4.79 Å². The van der Waals surface area contributed by atoms with Gasteiger partial charge in [-0.05, 0) is 28.0 Å². The molecule has 0 fully saturated rings. The number of carbonyl (C=O) groups excluding carboxylic acids is 3. The Bertz CT molecular complexity index is 934. The van der Waals surface area contributed by atoms with Gasteiger partial charge in [-0.2, -0.15) is 0 Å². The Morgan fingerprint density at radius 1 is 0.909 bits per heavy atom. The molecule has 0 spiro atoms. The monoisotopic (exact) mass is 453 g/mol. The second kappa shape index (κ2) is 11.5. The maximum absolute atomic E-state index is 12.9. The number of benzene rings is 2. The van der Waals surface area contributed by atoms with E-state index >= 15 is 0 Å². The molecule has 0 radical (unpaired) electrons. The third kappa shape index (κ3) is 8.25. The fourth-order valence-corrected chi connectivity index (χ4v) is 3.29. The largest absolute Gasteiger partial charge is 0.445 e. The number of rotatable bonds is 9. The quantitative estimate of drug-likeness (QED) is 0.540. The average molecular weight is 454 g/mol. The summed E-state index contributed by atoms with van der Waals surface area (Å²) in [6.07, 6.45) is -0.449. The molecule has 0 aliphatic rings. The molecule has 7 heteroatoms. The van der Waals surface area contributed by atoms with E-state index in [1.807, 2.05) is 54.6 Å². The molecule has 2 rings (SSSR count). The molecule has 7 nitrogen and oxygen atoms in total. The average Bonchev–Trinajstić information content (AvgIpc) is 2.75. The van der Waals surface area contributed by atoms with Gasteiger partial charge in [0.2, 0.25) is 11.8 Å². The van der Waals surface area contributed by atoms with Crippen LogP contribution in [0.25, 0.3) is 0 Å². The van der Waals surface area contributed by atoms with E-state index in [1.165, 1.54) is 5.56 Å². The third-order valence-corrected chi connectivity index (χ3v) is 5.35. The van der Waals surface area contributed by atoms with Gasteiger partial charge in [0.15, 0.2) is 0 Å². The number of hydrogen-bond donors (Lipinski definition) is 3. The molecule has 0 saturated heterocycles. The van der Waals surface area contributed by atoms with Gasteiger partial charge >= 0.3 is 6.09 Å². The van der Waals surface area contributed by atoms with E-state index in [2.05, 4.69) is 31.4 Å². The van der Waals surface area contributed by atoms with E-state index in [-0.39, 0.29) is 24.4 Å². The zero-order chi connectivity index (χ0) is 24.6. The maximum Gasteiger partial charge on any atom is 0.408 e. The second-order valence-corrected chi connectivity index (χ2v) is 9.54. The van der Waals surface area contributed by atoms with Crippen LogP contribution in [-0.2, 0) is 32.8 Å². The van der Waals surface area contributed by atoms with Gasteiger partial charge in [-0.3, -0.25) is 9.59 Å². The molecule has 0 unspecified atom stereocenters. The molecule has 0 bridgehead atoms. The lowest BCUT2D eigenvalue weighted by atomic mass is 9.86. The molecule has 4 N–H and O–H groups in total. The molecule has 3 amide bonds. The fourth-order valence-electron chi connectivity index (χ4n) is 3.29. The Balaban J connectivity index is 2.00. The molecule has 0 aliphatic heterocycles. The summed E-state index contributed by atoms with van der Waals surface area (Å²) in [4.78, 5) is 37.2. The molecule has 178 valence electrons. The van der Waals surface area contributed by atoms with Crippen molar-refractivity contribution in [1.82, 2.24) is 10.6 Å². The molecule has 2 atom stereocenters. The highest BCUT2D eigenvalue weighted by molar-refractivity contribution is 5.91. The highest BCUT2D eigenvalue weighted by Crippen LogP contribution is 2.22. The van der Waals surface area contributed by atoms with Crippen molar-refractivity contribution < 1.29 is 19.1 Å². The Morgan fingerprint density at radius 2 is 1.52 bits per heavy atom. The Morgan fingerprint density at radius 3 is 2.03 bits per heavy atom. The van der Waals surface area contributed by atoms with E-state index in [9.17, 15) is 14.4 Å². The minimum absolute atomic E-state index is 0.0150. The second-order valence-electron chi connectivity index (χ2n) is 9.54. The lowest BCUT2D eigenvalue weighted by Gasteiger charge is -2.24. The van der Waals surface area contributed by atoms with Gasteiger partial charge in [0.05, 0.1) is 0 Å². The van der Waals surface area contributed by atoms with Crippen molar-refractivity contribution in [2.75, 3.05) is 0 Å². The predicted molar refractivity (Wildman–Crippen MR) is 128 cm³/mol. The number of alkyl carbamates (subject to hydrolysis) is 1. The lowest BCUT2D eigenvalue weighted by molar-refractivity contribution is -0.129. The molecular formula is C26H35N3O4. The summed E-state index contributed by atoms with van der Waals surface area (Å²) in [5, 5.41) is 5.28. The molecule has 33 heavy (non-hydrogen) atoms. The number of amides is 3. The number of primary amides is 1. The third-order valence-electron chi connectivity index (χ3n) is 5.35. The predicted octanol–water partition coefficient (Wildman–Crippen LogP) is 3.45. The van der Waals surface area contributed by atoms with Crippen LogP contribution in [0.3, 0.4) is 0 Å². The number of nitrogens with two attached hydrogens (primary N) is 1. The Hall–Kier alpha value is -3.35. The SMILES string of the molecule is CC(C)[C@@H](NC(=O)OCc1ccccc1)C(=O)N[C@@H](Cc1ccc(C(C)(C)C)cc1)C(N)=O. The van der Waals surface area contributed by atoms with Crippen LogP contribution in [0.4, 0.5) is 4.79 Å². The zero-order valence-corrected chi connectivity index (χ0v) is 20.1. The van der Waals surface area contributed by atoms with Gasteiger partial charge < -0.3 is 21.1 Å². The standard InChI is InChI=1S/C26H35N3O4/c1-17(2)22(29-25(32)33-16-19-9-7-6-8-10-19)24(31)28-21(23(27)30)15-18-11-13-20(14-12-18)26(3,4)5/h6-14,17,21-22H,15-16H2,1-5H3,(H2,27,30)(H,28,31)(H,29,32)/t21-,22+/m0/s1. The maximum atomic E-state index is 12.9. The molecule has 0 aromatic heterocycles. The van der Waals surface area contributed by atoms with Gasteiger partial charge in [0.1, 0.15) is 18.7 Å². The molecule has 0 heterocycles. The molecule has 0 aliphatic carbocycles. The smallest absolute Gasteiger partial charge is 0.408 e. The van der Waals surface area contributed by atoms with E-state index < -0.39 is 30.0 Å². The van der Waals surface area contributed by atoms with Crippen molar-refractivity contribution in [3.63, 3.8) is 0 Å². The number of carbonyl (C=O) groups is 3. The van der Waals surface area contributed by atoms with Crippen LogP contribution in [0.2, 0.25) is 0 Å². The van der Waals surface area contributed by atoms with Gasteiger partial charge in [-0.15, -0.1) is 0 Å². The van der Waals surface area contributed by atoms with Crippen molar-refractivity contribution in [2.24, 2.45) is 11.7 Å². The zero-order valence-electron chi connectivity index (χ0n) is 20.1. The molecule has 2 aromatic rings. The van der Waals surface area contributed by atoms with Gasteiger partial charge in [0.25, 0.3) is 0 Å². The van der Waals surface area contributed by atoms with E-state index in [4.69, 9.17) is 10.5 Å². The Kier molecular flexibility index (Phi) is 9.02. The van der Waals surface area contributed by atoms with Crippen molar-refractivity contribution in [3.05, 3.63) is 71.3 Å². The normalized spacial score (nSPS) is 13.2. The fraction of sp³-hybridized carbons (Fsp3) is 0.423. The van der Waals surface area contributed by atoms with Crippen LogP contribution in [0, 0.1) is 5.92 Å².